The molecule has 5 nitrogen and oxygen atoms in total. The van der Waals surface area contributed by atoms with Crippen molar-refractivity contribution in [2.45, 2.75) is 19.8 Å². The number of benzene rings is 2. The van der Waals surface area contributed by atoms with Crippen molar-refractivity contribution in [3.05, 3.63) is 63.6 Å². The van der Waals surface area contributed by atoms with Crippen molar-refractivity contribution in [2.75, 3.05) is 19.8 Å². The van der Waals surface area contributed by atoms with Gasteiger partial charge in [-0.3, -0.25) is 4.79 Å². The molecule has 144 valence electrons. The molecule has 0 heterocycles. The molecule has 0 saturated carbocycles. The molecule has 0 spiro atoms. The third kappa shape index (κ3) is 7.89. The van der Waals surface area contributed by atoms with Gasteiger partial charge in [-0.05, 0) is 37.1 Å². The Labute approximate surface area is 168 Å². The molecular weight excluding hydrogens is 389 g/mol. The molecule has 7 heteroatoms. The van der Waals surface area contributed by atoms with Gasteiger partial charge in [0.1, 0.15) is 12.4 Å². The largest absolute Gasteiger partial charge is 0.480 e. The van der Waals surface area contributed by atoms with Crippen LogP contribution in [0.1, 0.15) is 17.5 Å². The van der Waals surface area contributed by atoms with Crippen LogP contribution in [0.2, 0.25) is 10.0 Å². The predicted molar refractivity (Wildman–Crippen MR) is 105 cm³/mol. The van der Waals surface area contributed by atoms with Crippen LogP contribution in [0.5, 0.6) is 5.75 Å². The summed E-state index contributed by atoms with van der Waals surface area (Å²) < 4.78 is 10.3. The van der Waals surface area contributed by atoms with Gasteiger partial charge in [0.2, 0.25) is 5.91 Å². The maximum absolute atomic E-state index is 11.8. The molecule has 0 aliphatic heterocycles. The summed E-state index contributed by atoms with van der Waals surface area (Å²) in [5.74, 6) is -0.284. The quantitative estimate of drug-likeness (QED) is 0.502. The number of aryl methyl sites for hydroxylation is 2. The van der Waals surface area contributed by atoms with E-state index >= 15 is 0 Å². The summed E-state index contributed by atoms with van der Waals surface area (Å²) in [7, 11) is 0. The van der Waals surface area contributed by atoms with Gasteiger partial charge in [-0.1, -0.05) is 53.0 Å². The summed E-state index contributed by atoms with van der Waals surface area (Å²) >= 11 is 11.7. The fourth-order valence-corrected chi connectivity index (χ4v) is 2.69. The molecule has 2 rings (SSSR count). The zero-order chi connectivity index (χ0) is 19.6. The van der Waals surface area contributed by atoms with Crippen LogP contribution in [0.3, 0.4) is 0 Å². The summed E-state index contributed by atoms with van der Waals surface area (Å²) in [5, 5.41) is 3.51. The first-order chi connectivity index (χ1) is 12.9. The van der Waals surface area contributed by atoms with Crippen LogP contribution in [-0.4, -0.2) is 31.6 Å². The number of ether oxygens (including phenoxy) is 2. The Kier molecular flexibility index (Phi) is 8.43. The second kappa shape index (κ2) is 10.8. The van der Waals surface area contributed by atoms with Crippen LogP contribution in [0.25, 0.3) is 0 Å². The minimum absolute atomic E-state index is 0.0762. The molecule has 0 aromatic heterocycles. The van der Waals surface area contributed by atoms with Crippen LogP contribution in [-0.2, 0) is 20.7 Å². The molecule has 0 fully saturated rings. The Bertz CT molecular complexity index is 778. The molecule has 2 aromatic rings. The molecular formula is C20H21Cl2NO4. The second-order valence-electron chi connectivity index (χ2n) is 5.92. The van der Waals surface area contributed by atoms with E-state index < -0.39 is 5.97 Å². The van der Waals surface area contributed by atoms with Crippen LogP contribution < -0.4 is 10.1 Å². The van der Waals surface area contributed by atoms with E-state index in [9.17, 15) is 9.59 Å². The number of carbonyl (C=O) groups excluding carboxylic acids is 2. The Morgan fingerprint density at radius 2 is 1.81 bits per heavy atom. The normalized spacial score (nSPS) is 10.3. The van der Waals surface area contributed by atoms with Crippen molar-refractivity contribution in [3.63, 3.8) is 0 Å². The molecule has 0 aliphatic carbocycles. The first kappa shape index (κ1) is 21.1. The van der Waals surface area contributed by atoms with Gasteiger partial charge in [0.15, 0.2) is 6.61 Å². The molecule has 1 amide bonds. The van der Waals surface area contributed by atoms with Gasteiger partial charge in [0, 0.05) is 11.4 Å². The number of carbonyl (C=O) groups is 2. The summed E-state index contributed by atoms with van der Waals surface area (Å²) in [6, 6.07) is 12.8. The third-order valence-corrected chi connectivity index (χ3v) is 4.22. The number of nitrogens with one attached hydrogen (secondary N) is 1. The summed E-state index contributed by atoms with van der Waals surface area (Å²) in [4.78, 5) is 23.5. The Morgan fingerprint density at radius 1 is 1.07 bits per heavy atom. The smallest absolute Gasteiger partial charge is 0.344 e. The SMILES string of the molecule is Cc1ccc(CCC(=O)NCCOC(=O)COc2ccc(Cl)cc2Cl)cc1. The fraction of sp³-hybridized carbons (Fsp3) is 0.300. The first-order valence-corrected chi connectivity index (χ1v) is 9.25. The highest BCUT2D eigenvalue weighted by atomic mass is 35.5. The maximum Gasteiger partial charge on any atom is 0.344 e. The summed E-state index contributed by atoms with van der Waals surface area (Å²) in [5.41, 5.74) is 2.30. The van der Waals surface area contributed by atoms with Crippen LogP contribution in [0, 0.1) is 6.92 Å². The van der Waals surface area contributed by atoms with Crippen molar-refractivity contribution < 1.29 is 19.1 Å². The average molecular weight is 410 g/mol. The zero-order valence-corrected chi connectivity index (χ0v) is 16.5. The highest BCUT2D eigenvalue weighted by Gasteiger charge is 2.08. The monoisotopic (exact) mass is 409 g/mol. The molecule has 0 saturated heterocycles. The number of rotatable bonds is 9. The molecule has 1 N–H and O–H groups in total. The van der Waals surface area contributed by atoms with E-state index in [-0.39, 0.29) is 25.7 Å². The van der Waals surface area contributed by atoms with Crippen molar-refractivity contribution in [1.29, 1.82) is 0 Å². The lowest BCUT2D eigenvalue weighted by atomic mass is 10.1. The lowest BCUT2D eigenvalue weighted by Gasteiger charge is -2.09. The van der Waals surface area contributed by atoms with Gasteiger partial charge in [-0.25, -0.2) is 4.79 Å². The standard InChI is InChI=1S/C20H21Cl2NO4/c1-14-2-4-15(5-3-14)6-9-19(24)23-10-11-26-20(25)13-27-18-8-7-16(21)12-17(18)22/h2-5,7-8,12H,6,9-11,13H2,1H3,(H,23,24). The highest BCUT2D eigenvalue weighted by Crippen LogP contribution is 2.27. The topological polar surface area (TPSA) is 64.6 Å². The minimum atomic E-state index is -0.546. The number of hydrogen-bond acceptors (Lipinski definition) is 4. The highest BCUT2D eigenvalue weighted by molar-refractivity contribution is 6.35. The predicted octanol–water partition coefficient (Wildman–Crippen LogP) is 3.97. The van der Waals surface area contributed by atoms with E-state index in [1.165, 1.54) is 11.6 Å². The fourth-order valence-electron chi connectivity index (χ4n) is 2.23. The molecule has 0 aliphatic rings. The van der Waals surface area contributed by atoms with Crippen LogP contribution in [0.4, 0.5) is 0 Å². The van der Waals surface area contributed by atoms with Gasteiger partial charge < -0.3 is 14.8 Å². The van der Waals surface area contributed by atoms with Crippen molar-refractivity contribution in [3.8, 4) is 5.75 Å². The Morgan fingerprint density at radius 3 is 2.52 bits per heavy atom. The molecule has 0 atom stereocenters. The summed E-state index contributed by atoms with van der Waals surface area (Å²) in [6.45, 7) is 2.07. The molecule has 0 unspecified atom stereocenters. The Hall–Kier alpha value is -2.24. The molecule has 27 heavy (non-hydrogen) atoms. The number of halogens is 2. The van der Waals surface area contributed by atoms with Gasteiger partial charge in [0.25, 0.3) is 0 Å². The van der Waals surface area contributed by atoms with E-state index in [0.717, 1.165) is 5.56 Å². The van der Waals surface area contributed by atoms with Crippen LogP contribution in [0.15, 0.2) is 42.5 Å². The molecule has 0 radical (unpaired) electrons. The van der Waals surface area contributed by atoms with Crippen LogP contribution >= 0.6 is 23.2 Å². The van der Waals surface area contributed by atoms with Gasteiger partial charge in [-0.15, -0.1) is 0 Å². The van der Waals surface area contributed by atoms with E-state index in [1.807, 2.05) is 31.2 Å². The second-order valence-corrected chi connectivity index (χ2v) is 6.76. The minimum Gasteiger partial charge on any atom is -0.480 e. The number of hydrogen-bond donors (Lipinski definition) is 1. The van der Waals surface area contributed by atoms with Crippen molar-refractivity contribution >= 4 is 35.1 Å². The molecule has 0 bridgehead atoms. The van der Waals surface area contributed by atoms with E-state index in [2.05, 4.69) is 5.32 Å². The Balaban J connectivity index is 1.58. The van der Waals surface area contributed by atoms with E-state index in [0.29, 0.717) is 28.6 Å². The maximum atomic E-state index is 11.8. The zero-order valence-electron chi connectivity index (χ0n) is 15.0. The lowest BCUT2D eigenvalue weighted by Crippen LogP contribution is -2.29. The molecule has 2 aromatic carbocycles. The van der Waals surface area contributed by atoms with E-state index in [4.69, 9.17) is 32.7 Å². The van der Waals surface area contributed by atoms with E-state index in [1.54, 1.807) is 12.1 Å². The van der Waals surface area contributed by atoms with Crippen molar-refractivity contribution in [2.24, 2.45) is 0 Å². The van der Waals surface area contributed by atoms with Crippen molar-refractivity contribution in [1.82, 2.24) is 5.32 Å². The van der Waals surface area contributed by atoms with Gasteiger partial charge >= 0.3 is 5.97 Å². The number of esters is 1. The van der Waals surface area contributed by atoms with Gasteiger partial charge in [-0.2, -0.15) is 0 Å². The van der Waals surface area contributed by atoms with Gasteiger partial charge in [0.05, 0.1) is 11.6 Å². The first-order valence-electron chi connectivity index (χ1n) is 8.50. The summed E-state index contributed by atoms with van der Waals surface area (Å²) in [6.07, 6.45) is 1.05. The number of amides is 1. The lowest BCUT2D eigenvalue weighted by molar-refractivity contribution is -0.146. The third-order valence-electron chi connectivity index (χ3n) is 3.69. The average Bonchev–Trinajstić information content (AvgIpc) is 2.64.